The van der Waals surface area contributed by atoms with Gasteiger partial charge in [-0.15, -0.1) is 0 Å². The van der Waals surface area contributed by atoms with Crippen LogP contribution in [-0.2, 0) is 4.74 Å². The Morgan fingerprint density at radius 3 is 2.65 bits per heavy atom. The number of fused-ring (bicyclic) bond motifs is 1. The SMILES string of the molecule is CC(CO)(CO)CN1CCOC2CCCCC21. The molecule has 2 N–H and O–H groups in total. The molecule has 17 heavy (non-hydrogen) atoms. The zero-order chi connectivity index (χ0) is 12.3. The Morgan fingerprint density at radius 1 is 1.24 bits per heavy atom. The van der Waals surface area contributed by atoms with Crippen LogP contribution in [0.1, 0.15) is 32.6 Å². The summed E-state index contributed by atoms with van der Waals surface area (Å²) in [4.78, 5) is 2.42. The van der Waals surface area contributed by atoms with E-state index in [0.29, 0.717) is 12.1 Å². The molecule has 1 aliphatic heterocycles. The monoisotopic (exact) mass is 243 g/mol. The lowest BCUT2D eigenvalue weighted by atomic mass is 9.86. The van der Waals surface area contributed by atoms with Crippen LogP contribution in [0.2, 0.25) is 0 Å². The zero-order valence-electron chi connectivity index (χ0n) is 10.8. The van der Waals surface area contributed by atoms with Crippen LogP contribution in [0.25, 0.3) is 0 Å². The van der Waals surface area contributed by atoms with Gasteiger partial charge in [0.1, 0.15) is 0 Å². The number of rotatable bonds is 4. The third kappa shape index (κ3) is 2.99. The molecule has 1 saturated heterocycles. The van der Waals surface area contributed by atoms with Crippen LogP contribution >= 0.6 is 0 Å². The van der Waals surface area contributed by atoms with Gasteiger partial charge in [-0.3, -0.25) is 4.90 Å². The van der Waals surface area contributed by atoms with Crippen LogP contribution in [0.4, 0.5) is 0 Å². The third-order valence-electron chi connectivity index (χ3n) is 4.20. The molecule has 0 bridgehead atoms. The summed E-state index contributed by atoms with van der Waals surface area (Å²) in [5.41, 5.74) is -0.390. The van der Waals surface area contributed by atoms with Gasteiger partial charge >= 0.3 is 0 Å². The van der Waals surface area contributed by atoms with E-state index >= 15 is 0 Å². The Balaban J connectivity index is 1.98. The highest BCUT2D eigenvalue weighted by Gasteiger charge is 2.37. The first-order chi connectivity index (χ1) is 8.18. The van der Waals surface area contributed by atoms with Crippen molar-refractivity contribution in [3.63, 3.8) is 0 Å². The van der Waals surface area contributed by atoms with Gasteiger partial charge in [0.15, 0.2) is 0 Å². The Kier molecular flexibility index (Phi) is 4.42. The van der Waals surface area contributed by atoms with Crippen molar-refractivity contribution in [3.05, 3.63) is 0 Å². The standard InChI is InChI=1S/C13H25NO3/c1-13(9-15,10-16)8-14-6-7-17-12-5-3-2-4-11(12)14/h11-12,15-16H,2-10H2,1H3. The van der Waals surface area contributed by atoms with E-state index in [4.69, 9.17) is 4.74 Å². The van der Waals surface area contributed by atoms with Crippen LogP contribution in [0.5, 0.6) is 0 Å². The second-order valence-electron chi connectivity index (χ2n) is 5.86. The maximum absolute atomic E-state index is 9.39. The summed E-state index contributed by atoms with van der Waals surface area (Å²) in [5, 5.41) is 18.8. The van der Waals surface area contributed by atoms with Gasteiger partial charge in [-0.25, -0.2) is 0 Å². The summed E-state index contributed by atoms with van der Waals surface area (Å²) < 4.78 is 5.83. The van der Waals surface area contributed by atoms with Gasteiger partial charge in [0.2, 0.25) is 0 Å². The Labute approximate surface area is 104 Å². The Bertz CT molecular complexity index is 241. The highest BCUT2D eigenvalue weighted by atomic mass is 16.5. The molecule has 0 aromatic heterocycles. The molecule has 1 saturated carbocycles. The number of nitrogens with zero attached hydrogens (tertiary/aromatic N) is 1. The van der Waals surface area contributed by atoms with Crippen molar-refractivity contribution < 1.29 is 14.9 Å². The van der Waals surface area contributed by atoms with E-state index in [-0.39, 0.29) is 18.6 Å². The molecular weight excluding hydrogens is 218 g/mol. The molecule has 4 heteroatoms. The molecule has 0 aromatic rings. The third-order valence-corrected chi connectivity index (χ3v) is 4.20. The first kappa shape index (κ1) is 13.3. The molecular formula is C13H25NO3. The highest BCUT2D eigenvalue weighted by molar-refractivity contribution is 4.90. The molecule has 0 amide bonds. The van der Waals surface area contributed by atoms with Crippen molar-refractivity contribution in [2.45, 2.75) is 44.8 Å². The molecule has 2 fully saturated rings. The molecule has 1 aliphatic carbocycles. The molecule has 0 radical (unpaired) electrons. The lowest BCUT2D eigenvalue weighted by molar-refractivity contribution is -0.105. The fraction of sp³-hybridized carbons (Fsp3) is 1.00. The van der Waals surface area contributed by atoms with Crippen molar-refractivity contribution in [2.24, 2.45) is 5.41 Å². The predicted octanol–water partition coefficient (Wildman–Crippen LogP) is 0.621. The number of aliphatic hydroxyl groups excluding tert-OH is 2. The van der Waals surface area contributed by atoms with E-state index in [2.05, 4.69) is 4.90 Å². The van der Waals surface area contributed by atoms with Gasteiger partial charge in [0, 0.05) is 24.5 Å². The summed E-state index contributed by atoms with van der Waals surface area (Å²) in [6.45, 7) is 4.51. The normalized spacial score (nSPS) is 31.2. The summed E-state index contributed by atoms with van der Waals surface area (Å²) in [6, 6.07) is 0.495. The lowest BCUT2D eigenvalue weighted by Crippen LogP contribution is -2.56. The van der Waals surface area contributed by atoms with Gasteiger partial charge in [0.25, 0.3) is 0 Å². The van der Waals surface area contributed by atoms with E-state index in [1.54, 1.807) is 0 Å². The van der Waals surface area contributed by atoms with E-state index < -0.39 is 0 Å². The predicted molar refractivity (Wildman–Crippen MR) is 65.8 cm³/mol. The van der Waals surface area contributed by atoms with Crippen LogP contribution in [0.3, 0.4) is 0 Å². The van der Waals surface area contributed by atoms with E-state index in [0.717, 1.165) is 26.1 Å². The summed E-state index contributed by atoms with van der Waals surface area (Å²) >= 11 is 0. The highest BCUT2D eigenvalue weighted by Crippen LogP contribution is 2.30. The van der Waals surface area contributed by atoms with Crippen molar-refractivity contribution >= 4 is 0 Å². The van der Waals surface area contributed by atoms with Crippen molar-refractivity contribution in [1.29, 1.82) is 0 Å². The van der Waals surface area contributed by atoms with Crippen molar-refractivity contribution in [2.75, 3.05) is 32.9 Å². The van der Waals surface area contributed by atoms with Crippen LogP contribution < -0.4 is 0 Å². The minimum absolute atomic E-state index is 0.0399. The second-order valence-corrected chi connectivity index (χ2v) is 5.86. The van der Waals surface area contributed by atoms with Crippen molar-refractivity contribution in [1.82, 2.24) is 4.90 Å². The summed E-state index contributed by atoms with van der Waals surface area (Å²) in [6.07, 6.45) is 5.27. The molecule has 2 aliphatic rings. The maximum Gasteiger partial charge on any atom is 0.0730 e. The van der Waals surface area contributed by atoms with Crippen LogP contribution in [-0.4, -0.2) is 60.2 Å². The first-order valence-electron chi connectivity index (χ1n) is 6.76. The van der Waals surface area contributed by atoms with Gasteiger partial charge in [-0.05, 0) is 12.8 Å². The molecule has 2 unspecified atom stereocenters. The molecule has 100 valence electrons. The summed E-state index contributed by atoms with van der Waals surface area (Å²) in [7, 11) is 0. The largest absolute Gasteiger partial charge is 0.396 e. The van der Waals surface area contributed by atoms with Crippen LogP contribution in [0.15, 0.2) is 0 Å². The molecule has 0 aromatic carbocycles. The van der Waals surface area contributed by atoms with Gasteiger partial charge in [0.05, 0.1) is 25.9 Å². The first-order valence-corrected chi connectivity index (χ1v) is 6.76. The Morgan fingerprint density at radius 2 is 1.94 bits per heavy atom. The Hall–Kier alpha value is -0.160. The molecule has 2 atom stereocenters. The number of hydrogen-bond acceptors (Lipinski definition) is 4. The molecule has 1 heterocycles. The zero-order valence-corrected chi connectivity index (χ0v) is 10.8. The maximum atomic E-state index is 9.39. The summed E-state index contributed by atoms with van der Waals surface area (Å²) in [5.74, 6) is 0. The van der Waals surface area contributed by atoms with E-state index in [1.807, 2.05) is 6.92 Å². The van der Waals surface area contributed by atoms with E-state index in [1.165, 1.54) is 19.3 Å². The number of morpholine rings is 1. The second kappa shape index (κ2) is 5.65. The number of hydrogen-bond donors (Lipinski definition) is 2. The van der Waals surface area contributed by atoms with Crippen LogP contribution in [0, 0.1) is 5.41 Å². The van der Waals surface area contributed by atoms with E-state index in [9.17, 15) is 10.2 Å². The fourth-order valence-electron chi connectivity index (χ4n) is 3.01. The number of ether oxygens (including phenoxy) is 1. The average molecular weight is 243 g/mol. The molecule has 2 rings (SSSR count). The quantitative estimate of drug-likeness (QED) is 0.760. The van der Waals surface area contributed by atoms with Gasteiger partial charge in [-0.2, -0.15) is 0 Å². The van der Waals surface area contributed by atoms with Gasteiger partial charge in [-0.1, -0.05) is 19.8 Å². The van der Waals surface area contributed by atoms with Gasteiger partial charge < -0.3 is 14.9 Å². The number of aliphatic hydroxyl groups is 2. The topological polar surface area (TPSA) is 52.9 Å². The smallest absolute Gasteiger partial charge is 0.0730 e. The minimum Gasteiger partial charge on any atom is -0.396 e. The average Bonchev–Trinajstić information content (AvgIpc) is 2.39. The molecule has 0 spiro atoms. The fourth-order valence-corrected chi connectivity index (χ4v) is 3.01. The van der Waals surface area contributed by atoms with Crippen molar-refractivity contribution in [3.8, 4) is 0 Å². The minimum atomic E-state index is -0.390. The molecule has 4 nitrogen and oxygen atoms in total. The lowest BCUT2D eigenvalue weighted by Gasteiger charge is -2.46.